The summed E-state index contributed by atoms with van der Waals surface area (Å²) in [6, 6.07) is 15.8. The van der Waals surface area contributed by atoms with Gasteiger partial charge in [-0.15, -0.1) is 0 Å². The minimum atomic E-state index is -0.148. The van der Waals surface area contributed by atoms with E-state index in [0.717, 1.165) is 28.6 Å². The lowest BCUT2D eigenvalue weighted by Gasteiger charge is -2.17. The summed E-state index contributed by atoms with van der Waals surface area (Å²) in [5, 5.41) is 3.79. The van der Waals surface area contributed by atoms with Crippen molar-refractivity contribution in [2.24, 2.45) is 0 Å². The highest BCUT2D eigenvalue weighted by Crippen LogP contribution is 2.27. The van der Waals surface area contributed by atoms with E-state index in [1.54, 1.807) is 4.90 Å². The van der Waals surface area contributed by atoms with Crippen LogP contribution >= 0.6 is 0 Å². The number of rotatable bonds is 4. The molecule has 0 bridgehead atoms. The van der Waals surface area contributed by atoms with Gasteiger partial charge in [-0.25, -0.2) is 0 Å². The number of aromatic nitrogens is 1. The van der Waals surface area contributed by atoms with E-state index in [2.05, 4.69) is 10.3 Å². The molecule has 1 aliphatic rings. The van der Waals surface area contributed by atoms with Gasteiger partial charge in [0.25, 0.3) is 0 Å². The van der Waals surface area contributed by atoms with Crippen molar-refractivity contribution in [3.05, 3.63) is 65.9 Å². The highest BCUT2D eigenvalue weighted by molar-refractivity contribution is 5.99. The molecule has 5 heteroatoms. The zero-order valence-electron chi connectivity index (χ0n) is 13.8. The molecule has 0 radical (unpaired) electrons. The first-order chi connectivity index (χ1) is 12.2. The molecule has 2 N–H and O–H groups in total. The summed E-state index contributed by atoms with van der Waals surface area (Å²) in [4.78, 5) is 29.6. The third kappa shape index (κ3) is 3.01. The van der Waals surface area contributed by atoms with Gasteiger partial charge < -0.3 is 15.2 Å². The zero-order chi connectivity index (χ0) is 17.2. The Bertz CT molecular complexity index is 945. The van der Waals surface area contributed by atoms with Crippen LogP contribution in [0.5, 0.6) is 0 Å². The molecule has 2 amide bonds. The van der Waals surface area contributed by atoms with Crippen LogP contribution in [-0.4, -0.2) is 29.9 Å². The number of aromatic amines is 1. The number of para-hydroxylation sites is 2. The number of anilines is 1. The number of nitrogens with zero attached hydrogens (tertiary/aromatic N) is 1. The molecule has 126 valence electrons. The van der Waals surface area contributed by atoms with Crippen molar-refractivity contribution in [2.45, 2.75) is 12.8 Å². The van der Waals surface area contributed by atoms with Crippen molar-refractivity contribution in [3.8, 4) is 0 Å². The Morgan fingerprint density at radius 1 is 1.08 bits per heavy atom. The second-order valence-corrected chi connectivity index (χ2v) is 6.24. The predicted molar refractivity (Wildman–Crippen MR) is 97.5 cm³/mol. The standard InChI is InChI=1S/C20H19N3O2/c24-19(11-15-12-21-17-7-3-2-6-16(15)17)22-13-20(25)23-10-9-14-5-1-4-8-18(14)23/h1-8,12,21H,9-11,13H2,(H,22,24). The summed E-state index contributed by atoms with van der Waals surface area (Å²) < 4.78 is 0. The quantitative estimate of drug-likeness (QED) is 0.770. The van der Waals surface area contributed by atoms with Gasteiger partial charge in [0.1, 0.15) is 0 Å². The van der Waals surface area contributed by atoms with E-state index in [1.165, 1.54) is 5.56 Å². The van der Waals surface area contributed by atoms with E-state index in [-0.39, 0.29) is 24.8 Å². The van der Waals surface area contributed by atoms with Crippen LogP contribution in [0.15, 0.2) is 54.7 Å². The molecular formula is C20H19N3O2. The molecule has 25 heavy (non-hydrogen) atoms. The van der Waals surface area contributed by atoms with E-state index in [1.807, 2.05) is 54.7 Å². The highest BCUT2D eigenvalue weighted by atomic mass is 16.2. The average Bonchev–Trinajstić information content (AvgIpc) is 3.24. The molecule has 2 aromatic carbocycles. The summed E-state index contributed by atoms with van der Waals surface area (Å²) >= 11 is 0. The predicted octanol–water partition coefficient (Wildman–Crippen LogP) is 2.42. The first-order valence-electron chi connectivity index (χ1n) is 8.42. The Hall–Kier alpha value is -3.08. The third-order valence-corrected chi connectivity index (χ3v) is 4.65. The molecule has 0 spiro atoms. The Morgan fingerprint density at radius 3 is 2.80 bits per heavy atom. The van der Waals surface area contributed by atoms with Crippen LogP contribution in [-0.2, 0) is 22.4 Å². The number of carbonyl (C=O) groups is 2. The van der Waals surface area contributed by atoms with E-state index in [4.69, 9.17) is 0 Å². The number of benzene rings is 2. The van der Waals surface area contributed by atoms with Gasteiger partial charge in [-0.1, -0.05) is 36.4 Å². The van der Waals surface area contributed by atoms with Gasteiger partial charge in [-0.2, -0.15) is 0 Å². The Kier molecular flexibility index (Phi) is 3.98. The van der Waals surface area contributed by atoms with Crippen LogP contribution in [0, 0.1) is 0 Å². The van der Waals surface area contributed by atoms with Crippen LogP contribution in [0.25, 0.3) is 10.9 Å². The molecule has 3 aromatic rings. The molecule has 1 aromatic heterocycles. The maximum atomic E-state index is 12.4. The summed E-state index contributed by atoms with van der Waals surface area (Å²) in [6.07, 6.45) is 2.97. The van der Waals surface area contributed by atoms with Crippen molar-refractivity contribution in [1.82, 2.24) is 10.3 Å². The monoisotopic (exact) mass is 333 g/mol. The summed E-state index contributed by atoms with van der Waals surface area (Å²) in [6.45, 7) is 0.700. The van der Waals surface area contributed by atoms with Crippen LogP contribution in [0.1, 0.15) is 11.1 Å². The first-order valence-corrected chi connectivity index (χ1v) is 8.42. The van der Waals surface area contributed by atoms with Crippen LogP contribution < -0.4 is 10.2 Å². The number of amides is 2. The summed E-state index contributed by atoms with van der Waals surface area (Å²) in [5.74, 6) is -0.220. The van der Waals surface area contributed by atoms with E-state index < -0.39 is 0 Å². The number of hydrogen-bond acceptors (Lipinski definition) is 2. The van der Waals surface area contributed by atoms with Gasteiger partial charge in [-0.05, 0) is 29.7 Å². The maximum absolute atomic E-state index is 12.4. The van der Waals surface area contributed by atoms with Crippen LogP contribution in [0.4, 0.5) is 5.69 Å². The molecule has 0 saturated heterocycles. The van der Waals surface area contributed by atoms with Crippen molar-refractivity contribution in [1.29, 1.82) is 0 Å². The van der Waals surface area contributed by atoms with Gasteiger partial charge in [-0.3, -0.25) is 9.59 Å². The number of fused-ring (bicyclic) bond motifs is 2. The van der Waals surface area contributed by atoms with E-state index in [0.29, 0.717) is 6.54 Å². The molecule has 0 fully saturated rings. The lowest BCUT2D eigenvalue weighted by molar-refractivity contribution is -0.124. The SMILES string of the molecule is O=C(Cc1c[nH]c2ccccc12)NCC(=O)N1CCc2ccccc21. The molecule has 5 nitrogen and oxygen atoms in total. The lowest BCUT2D eigenvalue weighted by atomic mass is 10.1. The Morgan fingerprint density at radius 2 is 1.88 bits per heavy atom. The van der Waals surface area contributed by atoms with E-state index in [9.17, 15) is 9.59 Å². The first kappa shape index (κ1) is 15.4. The van der Waals surface area contributed by atoms with Gasteiger partial charge in [0.2, 0.25) is 11.8 Å². The zero-order valence-corrected chi connectivity index (χ0v) is 13.8. The number of carbonyl (C=O) groups excluding carboxylic acids is 2. The third-order valence-electron chi connectivity index (χ3n) is 4.65. The normalized spacial score (nSPS) is 13.0. The lowest BCUT2D eigenvalue weighted by Crippen LogP contribution is -2.39. The highest BCUT2D eigenvalue weighted by Gasteiger charge is 2.24. The number of nitrogens with one attached hydrogen (secondary N) is 2. The second kappa shape index (κ2) is 6.43. The molecule has 0 aliphatic carbocycles. The molecular weight excluding hydrogens is 314 g/mol. The number of hydrogen-bond donors (Lipinski definition) is 2. The van der Waals surface area contributed by atoms with Crippen molar-refractivity contribution in [3.63, 3.8) is 0 Å². The fourth-order valence-electron chi connectivity index (χ4n) is 3.38. The van der Waals surface area contributed by atoms with E-state index >= 15 is 0 Å². The van der Waals surface area contributed by atoms with Gasteiger partial charge in [0.15, 0.2) is 0 Å². The second-order valence-electron chi connectivity index (χ2n) is 6.24. The topological polar surface area (TPSA) is 65.2 Å². The molecule has 2 heterocycles. The minimum absolute atomic E-state index is 0.0233. The fourth-order valence-corrected chi connectivity index (χ4v) is 3.38. The van der Waals surface area contributed by atoms with Crippen molar-refractivity contribution < 1.29 is 9.59 Å². The molecule has 1 aliphatic heterocycles. The minimum Gasteiger partial charge on any atom is -0.361 e. The van der Waals surface area contributed by atoms with Crippen molar-refractivity contribution >= 4 is 28.4 Å². The van der Waals surface area contributed by atoms with Gasteiger partial charge >= 0.3 is 0 Å². The van der Waals surface area contributed by atoms with Crippen LogP contribution in [0.3, 0.4) is 0 Å². The molecule has 4 rings (SSSR count). The molecule has 0 unspecified atom stereocenters. The van der Waals surface area contributed by atoms with Crippen molar-refractivity contribution in [2.75, 3.05) is 18.0 Å². The largest absolute Gasteiger partial charge is 0.361 e. The van der Waals surface area contributed by atoms with Crippen LogP contribution in [0.2, 0.25) is 0 Å². The average molecular weight is 333 g/mol. The number of H-pyrrole nitrogens is 1. The maximum Gasteiger partial charge on any atom is 0.246 e. The van der Waals surface area contributed by atoms with Gasteiger partial charge in [0.05, 0.1) is 13.0 Å². The fraction of sp³-hybridized carbons (Fsp3) is 0.200. The smallest absolute Gasteiger partial charge is 0.246 e. The molecule has 0 saturated carbocycles. The summed E-state index contributed by atoms with van der Waals surface area (Å²) in [5.41, 5.74) is 4.08. The molecule has 0 atom stereocenters. The summed E-state index contributed by atoms with van der Waals surface area (Å²) in [7, 11) is 0. The Labute approximate surface area is 145 Å². The van der Waals surface area contributed by atoms with Gasteiger partial charge in [0, 0.05) is 29.3 Å². The Balaban J connectivity index is 1.37.